The maximum atomic E-state index is 8.61. The van der Waals surface area contributed by atoms with E-state index in [1.165, 1.54) is 0 Å². The van der Waals surface area contributed by atoms with E-state index >= 15 is 0 Å². The van der Waals surface area contributed by atoms with Crippen molar-refractivity contribution in [2.24, 2.45) is 17.3 Å². The summed E-state index contributed by atoms with van der Waals surface area (Å²) in [7, 11) is 0. The molecule has 21 heavy (non-hydrogen) atoms. The summed E-state index contributed by atoms with van der Waals surface area (Å²) in [4.78, 5) is 0. The number of hydrogen-bond acceptors (Lipinski definition) is 4. The van der Waals surface area contributed by atoms with Gasteiger partial charge in [-0.3, -0.25) is 0 Å². The smallest absolute Gasteiger partial charge is 0.286 e. The highest BCUT2D eigenvalue weighted by atomic mass is 16.5. The first-order valence-electron chi connectivity index (χ1n) is 8.17. The molecule has 0 heterocycles. The third kappa shape index (κ3) is 3.82. The molecule has 0 bridgehead atoms. The molecule has 116 valence electrons. The van der Waals surface area contributed by atoms with Gasteiger partial charge in [0.2, 0.25) is 0 Å². The normalized spacial score (nSPS) is 33.5. The van der Waals surface area contributed by atoms with Crippen molar-refractivity contribution in [2.45, 2.75) is 77.4 Å². The molecule has 2 aliphatic carbocycles. The van der Waals surface area contributed by atoms with Gasteiger partial charge in [-0.2, -0.15) is 10.5 Å². The fourth-order valence-electron chi connectivity index (χ4n) is 4.33. The third-order valence-electron chi connectivity index (χ3n) is 5.89. The van der Waals surface area contributed by atoms with Crippen molar-refractivity contribution in [1.82, 2.24) is 0 Å². The van der Waals surface area contributed by atoms with Gasteiger partial charge >= 0.3 is 0 Å². The highest BCUT2D eigenvalue weighted by Gasteiger charge is 2.41. The van der Waals surface area contributed by atoms with Crippen LogP contribution in [-0.2, 0) is 9.47 Å². The van der Waals surface area contributed by atoms with Gasteiger partial charge in [-0.15, -0.1) is 0 Å². The van der Waals surface area contributed by atoms with Crippen LogP contribution in [0.1, 0.15) is 65.2 Å². The van der Waals surface area contributed by atoms with Gasteiger partial charge in [-0.1, -0.05) is 13.8 Å². The molecule has 0 unspecified atom stereocenters. The molecule has 0 amide bonds. The van der Waals surface area contributed by atoms with E-state index in [1.807, 2.05) is 12.5 Å². The Bertz CT molecular complexity index is 367. The molecule has 0 radical (unpaired) electrons. The van der Waals surface area contributed by atoms with Gasteiger partial charge in [-0.25, -0.2) is 0 Å². The summed E-state index contributed by atoms with van der Waals surface area (Å²) in [5, 5.41) is 17.2. The van der Waals surface area contributed by atoms with Crippen LogP contribution >= 0.6 is 0 Å². The van der Waals surface area contributed by atoms with E-state index in [4.69, 9.17) is 20.0 Å². The monoisotopic (exact) mass is 290 g/mol. The van der Waals surface area contributed by atoms with Crippen LogP contribution in [0, 0.1) is 40.3 Å². The molecule has 2 saturated carbocycles. The van der Waals surface area contributed by atoms with Crippen LogP contribution in [0.5, 0.6) is 0 Å². The summed E-state index contributed by atoms with van der Waals surface area (Å²) in [5.41, 5.74) is 0.329. The quantitative estimate of drug-likeness (QED) is 0.730. The van der Waals surface area contributed by atoms with Crippen LogP contribution < -0.4 is 0 Å². The lowest BCUT2D eigenvalue weighted by molar-refractivity contribution is 0.000816. The zero-order valence-electron chi connectivity index (χ0n) is 13.2. The van der Waals surface area contributed by atoms with Gasteiger partial charge in [0.15, 0.2) is 0 Å². The van der Waals surface area contributed by atoms with Gasteiger partial charge in [0.25, 0.3) is 12.5 Å². The molecule has 2 rings (SSSR count). The first-order chi connectivity index (χ1) is 10.1. The Morgan fingerprint density at radius 1 is 0.714 bits per heavy atom. The maximum absolute atomic E-state index is 8.61. The molecule has 0 aromatic rings. The summed E-state index contributed by atoms with van der Waals surface area (Å²) in [6, 6.07) is 0. The Morgan fingerprint density at radius 3 is 1.33 bits per heavy atom. The summed E-state index contributed by atoms with van der Waals surface area (Å²) < 4.78 is 10.2. The van der Waals surface area contributed by atoms with Crippen molar-refractivity contribution in [2.75, 3.05) is 0 Å². The summed E-state index contributed by atoms with van der Waals surface area (Å²) in [6.45, 7) is 4.80. The molecular weight excluding hydrogens is 264 g/mol. The number of rotatable bonds is 4. The topological polar surface area (TPSA) is 66.0 Å². The average molecular weight is 290 g/mol. The molecule has 0 aromatic heterocycles. The lowest BCUT2D eigenvalue weighted by Crippen LogP contribution is -2.38. The molecule has 0 aliphatic heterocycles. The number of nitriles is 2. The van der Waals surface area contributed by atoms with Crippen molar-refractivity contribution in [1.29, 1.82) is 10.5 Å². The van der Waals surface area contributed by atoms with Gasteiger partial charge in [0.05, 0.1) is 0 Å². The highest BCUT2D eigenvalue weighted by Crippen LogP contribution is 2.48. The van der Waals surface area contributed by atoms with Crippen LogP contribution in [0.4, 0.5) is 0 Å². The minimum absolute atomic E-state index is 0.141. The molecule has 0 atom stereocenters. The van der Waals surface area contributed by atoms with Crippen molar-refractivity contribution in [3.8, 4) is 12.5 Å². The minimum atomic E-state index is 0.141. The lowest BCUT2D eigenvalue weighted by Gasteiger charge is -2.46. The van der Waals surface area contributed by atoms with E-state index in [0.717, 1.165) is 63.2 Å². The van der Waals surface area contributed by atoms with Crippen molar-refractivity contribution in [3.63, 3.8) is 0 Å². The SMILES string of the molecule is CC(C)(C1CCC(OC#N)CC1)C1CCC(OC#N)CC1. The highest BCUT2D eigenvalue weighted by molar-refractivity contribution is 4.91. The van der Waals surface area contributed by atoms with Crippen LogP contribution in [0.25, 0.3) is 0 Å². The maximum Gasteiger partial charge on any atom is 0.286 e. The Hall–Kier alpha value is -1.42. The van der Waals surface area contributed by atoms with Crippen molar-refractivity contribution in [3.05, 3.63) is 0 Å². The summed E-state index contributed by atoms with van der Waals surface area (Å²) >= 11 is 0. The van der Waals surface area contributed by atoms with E-state index in [2.05, 4.69) is 13.8 Å². The van der Waals surface area contributed by atoms with E-state index in [0.29, 0.717) is 5.41 Å². The predicted octanol–water partition coefficient (Wildman–Crippen LogP) is 4.13. The zero-order valence-corrected chi connectivity index (χ0v) is 13.2. The number of hydrogen-bond donors (Lipinski definition) is 0. The molecule has 0 aromatic carbocycles. The Labute approximate surface area is 128 Å². The van der Waals surface area contributed by atoms with E-state index in [-0.39, 0.29) is 12.2 Å². The molecule has 2 aliphatic rings. The molecule has 4 nitrogen and oxygen atoms in total. The van der Waals surface area contributed by atoms with Crippen molar-refractivity contribution < 1.29 is 9.47 Å². The molecule has 4 heteroatoms. The zero-order chi connectivity index (χ0) is 15.3. The second-order valence-electron chi connectivity index (χ2n) is 7.19. The summed E-state index contributed by atoms with van der Waals surface area (Å²) in [5.74, 6) is 1.43. The Balaban J connectivity index is 1.85. The van der Waals surface area contributed by atoms with E-state index < -0.39 is 0 Å². The second-order valence-corrected chi connectivity index (χ2v) is 7.19. The van der Waals surface area contributed by atoms with Crippen LogP contribution in [-0.4, -0.2) is 12.2 Å². The molecule has 0 spiro atoms. The van der Waals surface area contributed by atoms with Crippen LogP contribution in [0.15, 0.2) is 0 Å². The minimum Gasteiger partial charge on any atom is -0.424 e. The van der Waals surface area contributed by atoms with Gasteiger partial charge in [-0.05, 0) is 68.6 Å². The molecule has 0 N–H and O–H groups in total. The van der Waals surface area contributed by atoms with Gasteiger partial charge in [0, 0.05) is 0 Å². The standard InChI is InChI=1S/C17H26N2O2/c1-17(2,13-3-7-15(8-4-13)20-11-18)14-5-9-16(10-6-14)21-12-19/h13-16H,3-10H2,1-2H3. The fourth-order valence-corrected chi connectivity index (χ4v) is 4.33. The predicted molar refractivity (Wildman–Crippen MR) is 78.7 cm³/mol. The average Bonchev–Trinajstić information content (AvgIpc) is 2.49. The Kier molecular flexibility index (Phi) is 5.34. The first kappa shape index (κ1) is 16.0. The second kappa shape index (κ2) is 7.03. The molecule has 2 fully saturated rings. The Morgan fingerprint density at radius 2 is 1.05 bits per heavy atom. The number of ether oxygens (including phenoxy) is 2. The van der Waals surface area contributed by atoms with Crippen LogP contribution in [0.2, 0.25) is 0 Å². The summed E-state index contributed by atoms with van der Waals surface area (Å²) in [6.07, 6.45) is 12.6. The fraction of sp³-hybridized carbons (Fsp3) is 0.882. The lowest BCUT2D eigenvalue weighted by atomic mass is 9.60. The van der Waals surface area contributed by atoms with E-state index in [1.54, 1.807) is 0 Å². The third-order valence-corrected chi connectivity index (χ3v) is 5.89. The van der Waals surface area contributed by atoms with Gasteiger partial charge < -0.3 is 9.47 Å². The van der Waals surface area contributed by atoms with Crippen molar-refractivity contribution >= 4 is 0 Å². The largest absolute Gasteiger partial charge is 0.424 e. The molecule has 0 saturated heterocycles. The molecular formula is C17H26N2O2. The van der Waals surface area contributed by atoms with E-state index in [9.17, 15) is 0 Å². The van der Waals surface area contributed by atoms with Gasteiger partial charge in [0.1, 0.15) is 12.2 Å². The van der Waals surface area contributed by atoms with Crippen LogP contribution in [0.3, 0.4) is 0 Å². The first-order valence-corrected chi connectivity index (χ1v) is 8.17. The number of nitrogens with zero attached hydrogens (tertiary/aromatic N) is 2.